The summed E-state index contributed by atoms with van der Waals surface area (Å²) in [5.41, 5.74) is 0. The number of carboxylic acid groups (broad SMARTS) is 1. The number of hydrogen-bond donors (Lipinski definition) is 2. The van der Waals surface area contributed by atoms with Crippen LogP contribution in [0.2, 0.25) is 0 Å². The van der Waals surface area contributed by atoms with Gasteiger partial charge in [0.25, 0.3) is 0 Å². The Kier molecular flexibility index (Phi) is 2.44. The van der Waals surface area contributed by atoms with Gasteiger partial charge in [-0.15, -0.1) is 11.8 Å². The molecule has 2 rings (SSSR count). The van der Waals surface area contributed by atoms with Gasteiger partial charge in [-0.2, -0.15) is 5.26 Å². The van der Waals surface area contributed by atoms with E-state index in [1.807, 2.05) is 6.07 Å². The zero-order chi connectivity index (χ0) is 11.0. The second-order valence-electron chi connectivity index (χ2n) is 3.42. The normalized spacial score (nSPS) is 33.7. The van der Waals surface area contributed by atoms with Crippen molar-refractivity contribution in [3.05, 3.63) is 0 Å². The van der Waals surface area contributed by atoms with Crippen LogP contribution in [0.3, 0.4) is 0 Å². The summed E-state index contributed by atoms with van der Waals surface area (Å²) in [4.78, 5) is 23.6. The summed E-state index contributed by atoms with van der Waals surface area (Å²) in [7, 11) is 0. The van der Waals surface area contributed by atoms with Crippen molar-refractivity contribution in [3.8, 4) is 6.07 Å². The summed E-state index contributed by atoms with van der Waals surface area (Å²) in [6.07, 6.45) is -0.749. The number of fused-ring (bicyclic) bond motifs is 1. The van der Waals surface area contributed by atoms with E-state index < -0.39 is 18.2 Å². The Labute approximate surface area is 90.2 Å². The predicted molar refractivity (Wildman–Crippen MR) is 52.1 cm³/mol. The second kappa shape index (κ2) is 3.62. The highest BCUT2D eigenvalue weighted by atomic mass is 32.2. The number of nitriles is 1. The quantitative estimate of drug-likeness (QED) is 0.648. The molecule has 3 atom stereocenters. The Hall–Kier alpha value is -1.42. The van der Waals surface area contributed by atoms with E-state index in [2.05, 4.69) is 5.32 Å². The van der Waals surface area contributed by atoms with Crippen LogP contribution in [-0.2, 0) is 4.79 Å². The molecular weight excluding hydrogens is 218 g/mol. The standard InChI is InChI=1S/C8H9N3O3S/c9-2-4-3-15-6-1-5(10-8(13)14)7(12)11(4)6/h4-6,10H,1,3H2,(H,13,14)/t4?,5?,6-/m1/s1. The van der Waals surface area contributed by atoms with Gasteiger partial charge < -0.3 is 15.3 Å². The summed E-state index contributed by atoms with van der Waals surface area (Å²) in [6.45, 7) is 0. The van der Waals surface area contributed by atoms with Crippen molar-refractivity contribution in [2.45, 2.75) is 23.9 Å². The van der Waals surface area contributed by atoms with Crippen molar-refractivity contribution in [2.75, 3.05) is 5.75 Å². The number of carbonyl (C=O) groups is 2. The SMILES string of the molecule is N#CC1CS[C@@H]2CC(NC(=O)O)C(=O)N12. The molecule has 7 heteroatoms. The van der Waals surface area contributed by atoms with Gasteiger partial charge in [-0.1, -0.05) is 0 Å². The first kappa shape index (κ1) is 10.1. The van der Waals surface area contributed by atoms with Crippen LogP contribution in [0.1, 0.15) is 6.42 Å². The zero-order valence-electron chi connectivity index (χ0n) is 7.71. The first-order chi connectivity index (χ1) is 7.13. The van der Waals surface area contributed by atoms with Crippen LogP contribution in [0.4, 0.5) is 4.79 Å². The molecule has 6 nitrogen and oxygen atoms in total. The largest absolute Gasteiger partial charge is 0.465 e. The number of carbonyl (C=O) groups excluding carboxylic acids is 1. The molecule has 80 valence electrons. The molecule has 0 saturated carbocycles. The van der Waals surface area contributed by atoms with Gasteiger partial charge in [-0.3, -0.25) is 4.79 Å². The van der Waals surface area contributed by atoms with E-state index in [1.54, 1.807) is 0 Å². The third-order valence-electron chi connectivity index (χ3n) is 2.53. The molecule has 2 aliphatic rings. The van der Waals surface area contributed by atoms with Crippen molar-refractivity contribution in [1.29, 1.82) is 5.26 Å². The van der Waals surface area contributed by atoms with Crippen LogP contribution in [0.15, 0.2) is 0 Å². The van der Waals surface area contributed by atoms with Crippen molar-refractivity contribution >= 4 is 23.8 Å². The summed E-state index contributed by atoms with van der Waals surface area (Å²) in [5.74, 6) is 0.339. The molecule has 0 aromatic rings. The lowest BCUT2D eigenvalue weighted by Gasteiger charge is -2.17. The third kappa shape index (κ3) is 1.61. The molecule has 0 spiro atoms. The third-order valence-corrected chi connectivity index (χ3v) is 3.84. The molecule has 2 amide bonds. The number of hydrogen-bond acceptors (Lipinski definition) is 4. The van der Waals surface area contributed by atoms with Crippen LogP contribution >= 0.6 is 11.8 Å². The average molecular weight is 227 g/mol. The fourth-order valence-corrected chi connectivity index (χ4v) is 3.27. The Bertz CT molecular complexity index is 354. The Morgan fingerprint density at radius 1 is 1.73 bits per heavy atom. The van der Waals surface area contributed by atoms with Crippen molar-refractivity contribution < 1.29 is 14.7 Å². The highest BCUT2D eigenvalue weighted by molar-refractivity contribution is 8.00. The summed E-state index contributed by atoms with van der Waals surface area (Å²) in [5, 5.41) is 19.5. The monoisotopic (exact) mass is 227 g/mol. The Balaban J connectivity index is 2.10. The average Bonchev–Trinajstić information content (AvgIpc) is 2.68. The number of nitrogens with one attached hydrogen (secondary N) is 1. The van der Waals surface area contributed by atoms with Crippen LogP contribution in [0.25, 0.3) is 0 Å². The van der Waals surface area contributed by atoms with Gasteiger partial charge in [0.05, 0.1) is 11.4 Å². The maximum Gasteiger partial charge on any atom is 0.405 e. The maximum atomic E-state index is 11.7. The summed E-state index contributed by atoms with van der Waals surface area (Å²) >= 11 is 1.53. The predicted octanol–water partition coefficient (Wildman–Crippen LogP) is -0.180. The van der Waals surface area contributed by atoms with Crippen molar-refractivity contribution in [1.82, 2.24) is 10.2 Å². The summed E-state index contributed by atoms with van der Waals surface area (Å²) < 4.78 is 0. The number of rotatable bonds is 1. The highest BCUT2D eigenvalue weighted by Crippen LogP contribution is 2.37. The van der Waals surface area contributed by atoms with Gasteiger partial charge in [0, 0.05) is 12.2 Å². The topological polar surface area (TPSA) is 93.4 Å². The molecule has 0 aromatic heterocycles. The summed E-state index contributed by atoms with van der Waals surface area (Å²) in [6, 6.07) is 0.955. The Morgan fingerprint density at radius 2 is 2.47 bits per heavy atom. The lowest BCUT2D eigenvalue weighted by Crippen LogP contribution is -2.43. The Morgan fingerprint density at radius 3 is 3.07 bits per heavy atom. The lowest BCUT2D eigenvalue weighted by molar-refractivity contribution is -0.130. The molecule has 15 heavy (non-hydrogen) atoms. The van der Waals surface area contributed by atoms with E-state index >= 15 is 0 Å². The minimum Gasteiger partial charge on any atom is -0.465 e. The van der Waals surface area contributed by atoms with Crippen molar-refractivity contribution in [3.63, 3.8) is 0 Å². The zero-order valence-corrected chi connectivity index (χ0v) is 8.53. The molecule has 0 aromatic carbocycles. The van der Waals surface area contributed by atoms with Crippen molar-refractivity contribution in [2.24, 2.45) is 0 Å². The number of nitrogens with zero attached hydrogens (tertiary/aromatic N) is 2. The molecule has 0 bridgehead atoms. The minimum atomic E-state index is -1.20. The number of thioether (sulfide) groups is 1. The van der Waals surface area contributed by atoms with E-state index in [1.165, 1.54) is 16.7 Å². The minimum absolute atomic E-state index is 0.0426. The maximum absolute atomic E-state index is 11.7. The van der Waals surface area contributed by atoms with Gasteiger partial charge in [-0.25, -0.2) is 4.79 Å². The molecule has 2 unspecified atom stereocenters. The van der Waals surface area contributed by atoms with Crippen LogP contribution in [-0.4, -0.2) is 45.2 Å². The molecule has 2 N–H and O–H groups in total. The molecule has 2 fully saturated rings. The molecule has 2 aliphatic heterocycles. The molecular formula is C8H9N3O3S. The molecule has 2 heterocycles. The fourth-order valence-electron chi connectivity index (χ4n) is 1.89. The van der Waals surface area contributed by atoms with E-state index in [0.29, 0.717) is 12.2 Å². The lowest BCUT2D eigenvalue weighted by atomic mass is 10.2. The van der Waals surface area contributed by atoms with Gasteiger partial charge in [0.2, 0.25) is 5.91 Å². The number of amides is 2. The van der Waals surface area contributed by atoms with Crippen LogP contribution in [0.5, 0.6) is 0 Å². The first-order valence-electron chi connectivity index (χ1n) is 4.46. The highest BCUT2D eigenvalue weighted by Gasteiger charge is 2.48. The van der Waals surface area contributed by atoms with E-state index in [9.17, 15) is 9.59 Å². The first-order valence-corrected chi connectivity index (χ1v) is 5.51. The van der Waals surface area contributed by atoms with Gasteiger partial charge in [0.15, 0.2) is 0 Å². The fraction of sp³-hybridized carbons (Fsp3) is 0.625. The van der Waals surface area contributed by atoms with Crippen LogP contribution in [0, 0.1) is 11.3 Å². The second-order valence-corrected chi connectivity index (χ2v) is 4.63. The van der Waals surface area contributed by atoms with Gasteiger partial charge >= 0.3 is 6.09 Å². The van der Waals surface area contributed by atoms with Crippen LogP contribution < -0.4 is 5.32 Å². The molecule has 0 aliphatic carbocycles. The van der Waals surface area contributed by atoms with Gasteiger partial charge in [-0.05, 0) is 0 Å². The van der Waals surface area contributed by atoms with E-state index in [0.717, 1.165) is 0 Å². The van der Waals surface area contributed by atoms with E-state index in [4.69, 9.17) is 10.4 Å². The smallest absolute Gasteiger partial charge is 0.405 e. The van der Waals surface area contributed by atoms with Gasteiger partial charge in [0.1, 0.15) is 12.1 Å². The molecule has 2 saturated heterocycles. The molecule has 0 radical (unpaired) electrons. The van der Waals surface area contributed by atoms with E-state index in [-0.39, 0.29) is 11.3 Å².